The summed E-state index contributed by atoms with van der Waals surface area (Å²) in [6.07, 6.45) is 0. The number of anilines is 3. The van der Waals surface area contributed by atoms with Gasteiger partial charge in [0.1, 0.15) is 0 Å². The van der Waals surface area contributed by atoms with Crippen molar-refractivity contribution in [3.05, 3.63) is 200 Å². The lowest BCUT2D eigenvalue weighted by Crippen LogP contribution is -2.11. The Hall–Kier alpha value is -6.74. The van der Waals surface area contributed by atoms with Crippen molar-refractivity contribution >= 4 is 91.7 Å². The lowest BCUT2D eigenvalue weighted by Gasteiger charge is -2.28. The lowest BCUT2D eigenvalue weighted by atomic mass is 9.93. The third-order valence-corrected chi connectivity index (χ3v) is 12.2. The van der Waals surface area contributed by atoms with E-state index in [2.05, 4.69) is 205 Å². The molecule has 0 bridgehead atoms. The van der Waals surface area contributed by atoms with E-state index in [0.717, 1.165) is 17.1 Å². The molecule has 0 unspecified atom stereocenters. The van der Waals surface area contributed by atoms with Crippen LogP contribution in [0.1, 0.15) is 0 Å². The fourth-order valence-corrected chi connectivity index (χ4v) is 9.65. The van der Waals surface area contributed by atoms with Gasteiger partial charge in [0.15, 0.2) is 0 Å². The van der Waals surface area contributed by atoms with Crippen LogP contribution >= 0.6 is 11.3 Å². The molecular weight excluding hydrogens is 671 g/mol. The number of hydrogen-bond donors (Lipinski definition) is 0. The third kappa shape index (κ3) is 4.99. The van der Waals surface area contributed by atoms with Crippen LogP contribution in [0, 0.1) is 0 Å². The standard InChI is InChI=1S/C52H33NS/c1-2-14-36-30-39(25-24-34(36)12-1)43-19-9-10-23-50(43)53(41-27-29-51-49(33-41)47-28-26-35-13-3-6-20-44(35)52(47)54-51)40-17-11-16-37(31-40)48-32-38-15-4-5-18-42(38)45-21-7-8-22-46(45)48/h1-33H. The quantitative estimate of drug-likeness (QED) is 0.161. The van der Waals surface area contributed by atoms with E-state index in [1.165, 1.54) is 85.5 Å². The minimum Gasteiger partial charge on any atom is -0.310 e. The molecule has 0 aliphatic rings. The normalized spacial score (nSPS) is 11.7. The van der Waals surface area contributed by atoms with E-state index in [9.17, 15) is 0 Å². The van der Waals surface area contributed by atoms with Crippen molar-refractivity contribution in [3.8, 4) is 22.3 Å². The second kappa shape index (κ2) is 12.4. The van der Waals surface area contributed by atoms with E-state index in [0.29, 0.717) is 0 Å². The Labute approximate surface area is 317 Å². The molecule has 1 aromatic heterocycles. The predicted molar refractivity (Wildman–Crippen MR) is 235 cm³/mol. The number of fused-ring (bicyclic) bond motifs is 9. The summed E-state index contributed by atoms with van der Waals surface area (Å²) in [7, 11) is 0. The van der Waals surface area contributed by atoms with E-state index >= 15 is 0 Å². The average Bonchev–Trinajstić information content (AvgIpc) is 3.62. The number of para-hydroxylation sites is 1. The van der Waals surface area contributed by atoms with Crippen molar-refractivity contribution < 1.29 is 0 Å². The molecule has 0 amide bonds. The predicted octanol–water partition coefficient (Wildman–Crippen LogP) is 15.5. The zero-order valence-corrected chi connectivity index (χ0v) is 30.2. The first-order chi connectivity index (χ1) is 26.8. The molecule has 1 nitrogen and oxygen atoms in total. The second-order valence-electron chi connectivity index (χ2n) is 14.1. The summed E-state index contributed by atoms with van der Waals surface area (Å²) >= 11 is 1.89. The molecular formula is C52H33NS. The summed E-state index contributed by atoms with van der Waals surface area (Å²) in [6, 6.07) is 73.6. The van der Waals surface area contributed by atoms with Crippen molar-refractivity contribution in [2.24, 2.45) is 0 Å². The summed E-state index contributed by atoms with van der Waals surface area (Å²) in [5, 5.41) is 12.7. The number of nitrogens with zero attached hydrogens (tertiary/aromatic N) is 1. The molecule has 11 aromatic rings. The van der Waals surface area contributed by atoms with E-state index < -0.39 is 0 Å². The van der Waals surface area contributed by atoms with Crippen molar-refractivity contribution in [1.82, 2.24) is 0 Å². The molecule has 11 rings (SSSR count). The van der Waals surface area contributed by atoms with Crippen LogP contribution < -0.4 is 4.90 Å². The maximum Gasteiger partial charge on any atom is 0.0540 e. The summed E-state index contributed by atoms with van der Waals surface area (Å²) in [4.78, 5) is 2.46. The molecule has 0 fully saturated rings. The molecule has 1 heterocycles. The molecule has 0 N–H and O–H groups in total. The SMILES string of the molecule is c1cc(-c2cc3ccccc3c3ccccc23)cc(N(c2ccc3sc4c5ccccc5ccc4c3c2)c2ccccc2-c2ccc3ccccc3c2)c1. The van der Waals surface area contributed by atoms with Crippen LogP contribution in [0.5, 0.6) is 0 Å². The van der Waals surface area contributed by atoms with Gasteiger partial charge in [-0.2, -0.15) is 0 Å². The van der Waals surface area contributed by atoms with Gasteiger partial charge in [-0.15, -0.1) is 11.3 Å². The molecule has 54 heavy (non-hydrogen) atoms. The molecule has 10 aromatic carbocycles. The van der Waals surface area contributed by atoms with Crippen LogP contribution in [0.15, 0.2) is 200 Å². The Kier molecular flexibility index (Phi) is 7.11. The Morgan fingerprint density at radius 2 is 0.981 bits per heavy atom. The number of rotatable bonds is 5. The van der Waals surface area contributed by atoms with E-state index in [1.807, 2.05) is 11.3 Å². The van der Waals surface area contributed by atoms with Crippen LogP contribution in [-0.4, -0.2) is 0 Å². The van der Waals surface area contributed by atoms with Gasteiger partial charge < -0.3 is 4.90 Å². The molecule has 0 saturated heterocycles. The highest BCUT2D eigenvalue weighted by molar-refractivity contribution is 7.26. The Morgan fingerprint density at radius 1 is 0.315 bits per heavy atom. The van der Waals surface area contributed by atoms with Crippen molar-refractivity contribution in [2.75, 3.05) is 4.90 Å². The van der Waals surface area contributed by atoms with Crippen LogP contribution in [0.3, 0.4) is 0 Å². The van der Waals surface area contributed by atoms with Gasteiger partial charge in [0.25, 0.3) is 0 Å². The largest absolute Gasteiger partial charge is 0.310 e. The molecule has 0 atom stereocenters. The summed E-state index contributed by atoms with van der Waals surface area (Å²) in [6.45, 7) is 0. The highest BCUT2D eigenvalue weighted by atomic mass is 32.1. The van der Waals surface area contributed by atoms with Gasteiger partial charge >= 0.3 is 0 Å². The van der Waals surface area contributed by atoms with Gasteiger partial charge in [-0.05, 0) is 108 Å². The van der Waals surface area contributed by atoms with Gasteiger partial charge in [-0.25, -0.2) is 0 Å². The van der Waals surface area contributed by atoms with Gasteiger partial charge in [-0.1, -0.05) is 152 Å². The number of benzene rings is 10. The van der Waals surface area contributed by atoms with Gasteiger partial charge in [0.05, 0.1) is 5.69 Å². The first-order valence-electron chi connectivity index (χ1n) is 18.5. The Balaban J connectivity index is 1.16. The molecule has 252 valence electrons. The summed E-state index contributed by atoms with van der Waals surface area (Å²) in [5.41, 5.74) is 8.19. The third-order valence-electron chi connectivity index (χ3n) is 11.0. The fourth-order valence-electron chi connectivity index (χ4n) is 8.43. The van der Waals surface area contributed by atoms with Crippen LogP contribution in [0.25, 0.3) is 85.5 Å². The molecule has 0 radical (unpaired) electrons. The van der Waals surface area contributed by atoms with Crippen molar-refractivity contribution in [3.63, 3.8) is 0 Å². The zero-order chi connectivity index (χ0) is 35.6. The molecule has 0 spiro atoms. The lowest BCUT2D eigenvalue weighted by molar-refractivity contribution is 1.29. The highest BCUT2D eigenvalue weighted by Gasteiger charge is 2.20. The molecule has 0 saturated carbocycles. The van der Waals surface area contributed by atoms with Gasteiger partial charge in [0.2, 0.25) is 0 Å². The molecule has 0 aliphatic carbocycles. The second-order valence-corrected chi connectivity index (χ2v) is 15.2. The van der Waals surface area contributed by atoms with Gasteiger partial charge in [-0.3, -0.25) is 0 Å². The zero-order valence-electron chi connectivity index (χ0n) is 29.4. The van der Waals surface area contributed by atoms with E-state index in [1.54, 1.807) is 0 Å². The fraction of sp³-hybridized carbons (Fsp3) is 0. The van der Waals surface area contributed by atoms with E-state index in [4.69, 9.17) is 0 Å². The first kappa shape index (κ1) is 30.8. The Bertz CT molecular complexity index is 3240. The van der Waals surface area contributed by atoms with Crippen molar-refractivity contribution in [1.29, 1.82) is 0 Å². The minimum absolute atomic E-state index is 1.11. The molecule has 2 heteroatoms. The number of hydrogen-bond acceptors (Lipinski definition) is 2. The first-order valence-corrected chi connectivity index (χ1v) is 19.3. The van der Waals surface area contributed by atoms with E-state index in [-0.39, 0.29) is 0 Å². The Morgan fingerprint density at radius 3 is 1.87 bits per heavy atom. The maximum atomic E-state index is 2.46. The molecule has 0 aliphatic heterocycles. The average molecular weight is 704 g/mol. The van der Waals surface area contributed by atoms with Crippen LogP contribution in [-0.2, 0) is 0 Å². The van der Waals surface area contributed by atoms with Crippen molar-refractivity contribution in [2.45, 2.75) is 0 Å². The maximum absolute atomic E-state index is 2.46. The smallest absolute Gasteiger partial charge is 0.0540 e. The summed E-state index contributed by atoms with van der Waals surface area (Å²) in [5.74, 6) is 0. The summed E-state index contributed by atoms with van der Waals surface area (Å²) < 4.78 is 2.64. The topological polar surface area (TPSA) is 3.24 Å². The van der Waals surface area contributed by atoms with Gasteiger partial charge in [0, 0.05) is 37.1 Å². The van der Waals surface area contributed by atoms with Crippen LogP contribution in [0.2, 0.25) is 0 Å². The number of thiophene rings is 1. The highest BCUT2D eigenvalue weighted by Crippen LogP contribution is 2.46. The monoisotopic (exact) mass is 703 g/mol. The van der Waals surface area contributed by atoms with Crippen LogP contribution in [0.4, 0.5) is 17.1 Å². The minimum atomic E-state index is 1.11.